The summed E-state index contributed by atoms with van der Waals surface area (Å²) in [6.45, 7) is 1.89. The van der Waals surface area contributed by atoms with Gasteiger partial charge in [0.15, 0.2) is 0 Å². The maximum atomic E-state index is 10.6. The minimum Gasteiger partial charge on any atom is -0.750 e. The second-order valence-electron chi connectivity index (χ2n) is 3.75. The van der Waals surface area contributed by atoms with Gasteiger partial charge in [0.2, 0.25) is 0 Å². The maximum absolute atomic E-state index is 10.6. The lowest BCUT2D eigenvalue weighted by Gasteiger charge is -2.19. The minimum atomic E-state index is -2.50. The van der Waals surface area contributed by atoms with Crippen LogP contribution in [0.4, 0.5) is 0 Å². The zero-order valence-electron chi connectivity index (χ0n) is 9.17. The summed E-state index contributed by atoms with van der Waals surface area (Å²) < 4.78 is 26.0. The highest BCUT2D eigenvalue weighted by Crippen LogP contribution is 2.23. The first-order valence-corrected chi connectivity index (χ1v) is 6.16. The first kappa shape index (κ1) is 13.3. The summed E-state index contributed by atoms with van der Waals surface area (Å²) >= 11 is -2.50. The maximum Gasteiger partial charge on any atom is 0.0987 e. The molecule has 0 spiro atoms. The first-order valence-electron chi connectivity index (χ1n) is 5.16. The van der Waals surface area contributed by atoms with Crippen LogP contribution in [0.1, 0.15) is 31.4 Å². The molecular formula is C11H16NO3S-. The standard InChI is InChI=1S/C11H17NO3S/c1-9(12)7-8-11(15-16(13)14)10-5-3-2-4-6-10/h2-6,9,11H,7-8,12H2,1H3,(H,13,14)/p-1. The van der Waals surface area contributed by atoms with Gasteiger partial charge in [0, 0.05) is 6.04 Å². The molecule has 90 valence electrons. The van der Waals surface area contributed by atoms with Crippen LogP contribution in [0, 0.1) is 0 Å². The fourth-order valence-electron chi connectivity index (χ4n) is 1.45. The van der Waals surface area contributed by atoms with E-state index in [-0.39, 0.29) is 6.04 Å². The SMILES string of the molecule is CC(N)CCC(OS(=O)[O-])c1ccccc1. The summed E-state index contributed by atoms with van der Waals surface area (Å²) in [6, 6.07) is 9.31. The molecule has 0 aromatic heterocycles. The number of hydrogen-bond acceptors (Lipinski definition) is 4. The Morgan fingerprint density at radius 3 is 2.50 bits per heavy atom. The van der Waals surface area contributed by atoms with Crippen molar-refractivity contribution in [2.45, 2.75) is 31.9 Å². The van der Waals surface area contributed by atoms with Crippen molar-refractivity contribution in [2.75, 3.05) is 0 Å². The summed E-state index contributed by atoms with van der Waals surface area (Å²) in [5.74, 6) is 0. The molecule has 1 rings (SSSR count). The number of rotatable bonds is 6. The predicted octanol–water partition coefficient (Wildman–Crippen LogP) is 1.67. The quantitative estimate of drug-likeness (QED) is 0.770. The third-order valence-electron chi connectivity index (χ3n) is 2.25. The van der Waals surface area contributed by atoms with Crippen LogP contribution in [0.2, 0.25) is 0 Å². The molecule has 0 fully saturated rings. The van der Waals surface area contributed by atoms with Gasteiger partial charge in [-0.2, -0.15) is 0 Å². The molecule has 0 aliphatic carbocycles. The number of nitrogens with two attached hydrogens (primary N) is 1. The van der Waals surface area contributed by atoms with Gasteiger partial charge in [-0.3, -0.25) is 4.18 Å². The molecule has 1 aromatic carbocycles. The van der Waals surface area contributed by atoms with Gasteiger partial charge in [0.05, 0.1) is 17.5 Å². The lowest BCUT2D eigenvalue weighted by atomic mass is 10.0. The van der Waals surface area contributed by atoms with E-state index in [1.807, 2.05) is 37.3 Å². The molecule has 0 saturated carbocycles. The smallest absolute Gasteiger partial charge is 0.0987 e. The molecule has 3 atom stereocenters. The zero-order chi connectivity index (χ0) is 12.0. The number of hydrogen-bond donors (Lipinski definition) is 1. The molecule has 0 bridgehead atoms. The summed E-state index contributed by atoms with van der Waals surface area (Å²) in [5, 5.41) is 0. The molecular weight excluding hydrogens is 226 g/mol. The Balaban J connectivity index is 2.67. The zero-order valence-corrected chi connectivity index (χ0v) is 9.98. The predicted molar refractivity (Wildman–Crippen MR) is 62.1 cm³/mol. The van der Waals surface area contributed by atoms with E-state index in [1.54, 1.807) is 0 Å². The molecule has 0 aliphatic heterocycles. The molecule has 16 heavy (non-hydrogen) atoms. The fourth-order valence-corrected chi connectivity index (χ4v) is 1.84. The molecule has 0 heterocycles. The molecule has 0 saturated heterocycles. The highest BCUT2D eigenvalue weighted by molar-refractivity contribution is 7.74. The Hall–Kier alpha value is -0.750. The van der Waals surface area contributed by atoms with Crippen LogP contribution in [-0.2, 0) is 15.5 Å². The second-order valence-corrected chi connectivity index (χ2v) is 4.36. The van der Waals surface area contributed by atoms with Crippen LogP contribution in [0.5, 0.6) is 0 Å². The van der Waals surface area contributed by atoms with Gasteiger partial charge in [-0.1, -0.05) is 30.3 Å². The average molecular weight is 242 g/mol. The van der Waals surface area contributed by atoms with Crippen molar-refractivity contribution in [3.63, 3.8) is 0 Å². The van der Waals surface area contributed by atoms with Crippen molar-refractivity contribution in [3.8, 4) is 0 Å². The lowest BCUT2D eigenvalue weighted by Crippen LogP contribution is -2.17. The van der Waals surface area contributed by atoms with Crippen molar-refractivity contribution < 1.29 is 12.9 Å². The summed E-state index contributed by atoms with van der Waals surface area (Å²) in [5.41, 5.74) is 6.49. The van der Waals surface area contributed by atoms with Gasteiger partial charge in [-0.25, -0.2) is 4.21 Å². The van der Waals surface area contributed by atoms with Gasteiger partial charge >= 0.3 is 0 Å². The normalized spacial score (nSPS) is 16.7. The van der Waals surface area contributed by atoms with E-state index in [2.05, 4.69) is 0 Å². The van der Waals surface area contributed by atoms with Crippen LogP contribution in [0.25, 0.3) is 0 Å². The van der Waals surface area contributed by atoms with Crippen molar-refractivity contribution in [3.05, 3.63) is 35.9 Å². The van der Waals surface area contributed by atoms with E-state index in [1.165, 1.54) is 0 Å². The largest absolute Gasteiger partial charge is 0.750 e. The average Bonchev–Trinajstić information content (AvgIpc) is 2.25. The van der Waals surface area contributed by atoms with Crippen LogP contribution in [0.3, 0.4) is 0 Å². The lowest BCUT2D eigenvalue weighted by molar-refractivity contribution is 0.189. The van der Waals surface area contributed by atoms with E-state index in [9.17, 15) is 8.76 Å². The molecule has 0 aliphatic rings. The van der Waals surface area contributed by atoms with Crippen molar-refractivity contribution in [1.29, 1.82) is 0 Å². The second kappa shape index (κ2) is 6.75. The molecule has 3 unspecified atom stereocenters. The van der Waals surface area contributed by atoms with Crippen molar-refractivity contribution >= 4 is 11.4 Å². The summed E-state index contributed by atoms with van der Waals surface area (Å²) in [7, 11) is 0. The monoisotopic (exact) mass is 242 g/mol. The van der Waals surface area contributed by atoms with E-state index >= 15 is 0 Å². The molecule has 1 aromatic rings. The van der Waals surface area contributed by atoms with Gasteiger partial charge in [0.1, 0.15) is 0 Å². The molecule has 5 heteroatoms. The Bertz CT molecular complexity index is 329. The minimum absolute atomic E-state index is 0.0369. The number of benzene rings is 1. The van der Waals surface area contributed by atoms with Crippen LogP contribution >= 0.6 is 0 Å². The highest BCUT2D eigenvalue weighted by Gasteiger charge is 2.13. The molecule has 2 N–H and O–H groups in total. The van der Waals surface area contributed by atoms with Gasteiger partial charge < -0.3 is 10.3 Å². The van der Waals surface area contributed by atoms with Crippen LogP contribution in [0.15, 0.2) is 30.3 Å². The van der Waals surface area contributed by atoms with Crippen molar-refractivity contribution in [1.82, 2.24) is 0 Å². The molecule has 4 nitrogen and oxygen atoms in total. The fraction of sp³-hybridized carbons (Fsp3) is 0.455. The van der Waals surface area contributed by atoms with Gasteiger partial charge in [-0.15, -0.1) is 0 Å². The van der Waals surface area contributed by atoms with E-state index in [4.69, 9.17) is 9.92 Å². The summed E-state index contributed by atoms with van der Waals surface area (Å²) in [4.78, 5) is 0. The first-order chi connectivity index (χ1) is 7.59. The third kappa shape index (κ3) is 4.85. The Kier molecular flexibility index (Phi) is 5.62. The summed E-state index contributed by atoms with van der Waals surface area (Å²) in [6.07, 6.45) is 0.873. The Morgan fingerprint density at radius 2 is 2.00 bits per heavy atom. The molecule has 0 radical (unpaired) electrons. The Labute approximate surface area is 98.3 Å². The van der Waals surface area contributed by atoms with E-state index in [0.29, 0.717) is 6.42 Å². The van der Waals surface area contributed by atoms with Crippen molar-refractivity contribution in [2.24, 2.45) is 5.73 Å². The van der Waals surface area contributed by atoms with Gasteiger partial charge in [-0.05, 0) is 25.3 Å². The Morgan fingerprint density at radius 1 is 1.38 bits per heavy atom. The topological polar surface area (TPSA) is 75.4 Å². The van der Waals surface area contributed by atoms with E-state index < -0.39 is 17.5 Å². The van der Waals surface area contributed by atoms with Gasteiger partial charge in [0.25, 0.3) is 0 Å². The third-order valence-corrected chi connectivity index (χ3v) is 2.64. The van der Waals surface area contributed by atoms with E-state index in [0.717, 1.165) is 12.0 Å². The van der Waals surface area contributed by atoms with Crippen LogP contribution < -0.4 is 5.73 Å². The van der Waals surface area contributed by atoms with Crippen LogP contribution in [-0.4, -0.2) is 14.8 Å². The molecule has 0 amide bonds. The highest BCUT2D eigenvalue weighted by atomic mass is 32.2.